The largest absolute Gasteiger partial charge is 0.364 e. The third-order valence-electron chi connectivity index (χ3n) is 6.25. The molecule has 0 saturated heterocycles. The highest BCUT2D eigenvalue weighted by molar-refractivity contribution is 6.28. The maximum Gasteiger partial charge on any atom is 0.224 e. The molecule has 0 atom stereocenters. The Morgan fingerprint density at radius 3 is 2.35 bits per heavy atom. The minimum Gasteiger partial charge on any atom is -0.364 e. The van der Waals surface area contributed by atoms with Crippen LogP contribution in [-0.2, 0) is 0 Å². The molecule has 0 unspecified atom stereocenters. The molecule has 0 radical (unpaired) electrons. The van der Waals surface area contributed by atoms with E-state index in [1.165, 1.54) is 44.1 Å². The number of nitrogens with one attached hydrogen (secondary N) is 1. The van der Waals surface area contributed by atoms with E-state index in [1.54, 1.807) is 0 Å². The maximum absolute atomic E-state index is 6.19. The Morgan fingerprint density at radius 2 is 1.70 bits per heavy atom. The molecule has 4 fully saturated rings. The second-order valence-electron chi connectivity index (χ2n) is 8.18. The summed E-state index contributed by atoms with van der Waals surface area (Å²) in [4.78, 5) is 8.95. The van der Waals surface area contributed by atoms with Crippen LogP contribution in [-0.4, -0.2) is 15.5 Å². The highest BCUT2D eigenvalue weighted by Crippen LogP contribution is 2.56. The lowest BCUT2D eigenvalue weighted by atomic mass is 9.53. The number of hydrogen-bond acceptors (Lipinski definition) is 3. The molecule has 23 heavy (non-hydrogen) atoms. The smallest absolute Gasteiger partial charge is 0.224 e. The minimum atomic E-state index is 0.239. The zero-order chi connectivity index (χ0) is 15.6. The third-order valence-corrected chi connectivity index (χ3v) is 6.41. The normalized spacial score (nSPS) is 35.0. The molecule has 1 aromatic heterocycles. The van der Waals surface area contributed by atoms with Gasteiger partial charge in [0.1, 0.15) is 5.82 Å². The van der Waals surface area contributed by atoms with Gasteiger partial charge in [0.2, 0.25) is 5.28 Å². The van der Waals surface area contributed by atoms with Gasteiger partial charge in [0.15, 0.2) is 0 Å². The van der Waals surface area contributed by atoms with Crippen LogP contribution >= 0.6 is 11.6 Å². The quantitative estimate of drug-likeness (QED) is 0.791. The van der Waals surface area contributed by atoms with Gasteiger partial charge in [-0.25, -0.2) is 9.97 Å². The van der Waals surface area contributed by atoms with Crippen LogP contribution in [0.2, 0.25) is 5.28 Å². The van der Waals surface area contributed by atoms with Gasteiger partial charge in [-0.15, -0.1) is 0 Å². The van der Waals surface area contributed by atoms with Gasteiger partial charge in [-0.05, 0) is 86.9 Å². The summed E-state index contributed by atoms with van der Waals surface area (Å²) in [6.07, 6.45) is 8.25. The summed E-state index contributed by atoms with van der Waals surface area (Å²) >= 11 is 6.19. The first kappa shape index (κ1) is 14.0. The number of halogens is 1. The van der Waals surface area contributed by atoms with Crippen LogP contribution in [0.3, 0.4) is 0 Å². The fourth-order valence-corrected chi connectivity index (χ4v) is 6.00. The SMILES string of the molecule is Cc1ccc2nc(Cl)nc(NC34CC5CC(CC(C5)C3)C4)c2c1. The van der Waals surface area contributed by atoms with Crippen LogP contribution in [0.4, 0.5) is 5.82 Å². The van der Waals surface area contributed by atoms with Gasteiger partial charge in [0.25, 0.3) is 0 Å². The van der Waals surface area contributed by atoms with Crippen molar-refractivity contribution in [1.29, 1.82) is 0 Å². The molecule has 4 aliphatic carbocycles. The second kappa shape index (κ2) is 4.83. The zero-order valence-corrected chi connectivity index (χ0v) is 14.2. The fourth-order valence-electron chi connectivity index (χ4n) is 5.82. The van der Waals surface area contributed by atoms with Crippen molar-refractivity contribution in [2.24, 2.45) is 17.8 Å². The van der Waals surface area contributed by atoms with Crippen molar-refractivity contribution in [2.45, 2.75) is 51.0 Å². The van der Waals surface area contributed by atoms with E-state index in [2.05, 4.69) is 34.3 Å². The minimum absolute atomic E-state index is 0.239. The van der Waals surface area contributed by atoms with E-state index in [4.69, 9.17) is 11.6 Å². The summed E-state index contributed by atoms with van der Waals surface area (Å²) < 4.78 is 0. The van der Waals surface area contributed by atoms with Gasteiger partial charge < -0.3 is 5.32 Å². The molecule has 2 aromatic rings. The van der Waals surface area contributed by atoms with Crippen molar-refractivity contribution >= 4 is 28.3 Å². The summed E-state index contributed by atoms with van der Waals surface area (Å²) in [5.74, 6) is 3.68. The molecule has 0 spiro atoms. The average molecular weight is 328 g/mol. The Labute approximate surface area is 141 Å². The molecular weight excluding hydrogens is 306 g/mol. The topological polar surface area (TPSA) is 37.8 Å². The van der Waals surface area contributed by atoms with E-state index in [9.17, 15) is 0 Å². The van der Waals surface area contributed by atoms with Crippen molar-refractivity contribution in [1.82, 2.24) is 9.97 Å². The second-order valence-corrected chi connectivity index (χ2v) is 8.52. The third kappa shape index (κ3) is 2.32. The molecule has 1 heterocycles. The summed E-state index contributed by atoms with van der Waals surface area (Å²) in [5.41, 5.74) is 2.41. The van der Waals surface area contributed by atoms with Gasteiger partial charge in [-0.1, -0.05) is 11.6 Å². The van der Waals surface area contributed by atoms with Crippen LogP contribution in [0, 0.1) is 24.7 Å². The van der Waals surface area contributed by atoms with E-state index >= 15 is 0 Å². The lowest BCUT2D eigenvalue weighted by molar-refractivity contribution is 0.0106. The first-order chi connectivity index (χ1) is 11.1. The molecule has 6 rings (SSSR count). The van der Waals surface area contributed by atoms with Crippen molar-refractivity contribution in [3.05, 3.63) is 29.0 Å². The molecule has 1 N–H and O–H groups in total. The summed E-state index contributed by atoms with van der Waals surface area (Å²) in [6, 6.07) is 6.30. The molecule has 3 nitrogen and oxygen atoms in total. The van der Waals surface area contributed by atoms with Crippen LogP contribution in [0.1, 0.15) is 44.1 Å². The van der Waals surface area contributed by atoms with E-state index in [0.29, 0.717) is 5.28 Å². The van der Waals surface area contributed by atoms with Gasteiger partial charge in [-0.3, -0.25) is 0 Å². The van der Waals surface area contributed by atoms with Crippen LogP contribution in [0.5, 0.6) is 0 Å². The van der Waals surface area contributed by atoms with E-state index < -0.39 is 0 Å². The molecular formula is C19H22ClN3. The van der Waals surface area contributed by atoms with Gasteiger partial charge in [0.05, 0.1) is 5.52 Å². The Morgan fingerprint density at radius 1 is 1.04 bits per heavy atom. The first-order valence-corrected chi connectivity index (χ1v) is 9.18. The molecule has 4 aliphatic rings. The van der Waals surface area contributed by atoms with Crippen molar-refractivity contribution in [2.75, 3.05) is 5.32 Å². The fraction of sp³-hybridized carbons (Fsp3) is 0.579. The highest BCUT2D eigenvalue weighted by atomic mass is 35.5. The molecule has 0 amide bonds. The highest BCUT2D eigenvalue weighted by Gasteiger charge is 2.51. The van der Waals surface area contributed by atoms with Gasteiger partial charge in [-0.2, -0.15) is 0 Å². The van der Waals surface area contributed by atoms with Crippen molar-refractivity contribution in [3.8, 4) is 0 Å². The summed E-state index contributed by atoms with van der Waals surface area (Å²) in [6.45, 7) is 2.11. The Balaban J connectivity index is 1.57. The number of nitrogens with zero attached hydrogens (tertiary/aromatic N) is 2. The Kier molecular flexibility index (Phi) is 2.94. The molecule has 120 valence electrons. The molecule has 4 saturated carbocycles. The molecule has 4 heteroatoms. The summed E-state index contributed by atoms with van der Waals surface area (Å²) in [7, 11) is 0. The van der Waals surface area contributed by atoms with Gasteiger partial charge >= 0.3 is 0 Å². The predicted octanol–water partition coefficient (Wildman–Crippen LogP) is 4.97. The lowest BCUT2D eigenvalue weighted by Crippen LogP contribution is -2.54. The number of rotatable bonds is 2. The van der Waals surface area contributed by atoms with Gasteiger partial charge in [0, 0.05) is 10.9 Å². The van der Waals surface area contributed by atoms with E-state index in [1.807, 2.05) is 6.07 Å². The number of anilines is 1. The molecule has 0 aliphatic heterocycles. The zero-order valence-electron chi connectivity index (χ0n) is 13.5. The van der Waals surface area contributed by atoms with E-state index in [-0.39, 0.29) is 5.54 Å². The van der Waals surface area contributed by atoms with Crippen molar-refractivity contribution in [3.63, 3.8) is 0 Å². The predicted molar refractivity (Wildman–Crippen MR) is 93.8 cm³/mol. The van der Waals surface area contributed by atoms with Crippen LogP contribution < -0.4 is 5.32 Å². The van der Waals surface area contributed by atoms with E-state index in [0.717, 1.165) is 34.5 Å². The number of fused-ring (bicyclic) bond motifs is 1. The number of aryl methyl sites for hydroxylation is 1. The Bertz CT molecular complexity index is 750. The number of aromatic nitrogens is 2. The first-order valence-electron chi connectivity index (χ1n) is 8.81. The summed E-state index contributed by atoms with van der Waals surface area (Å²) in [5, 5.41) is 5.31. The van der Waals surface area contributed by atoms with Crippen molar-refractivity contribution < 1.29 is 0 Å². The molecule has 1 aromatic carbocycles. The maximum atomic E-state index is 6.19. The monoisotopic (exact) mass is 327 g/mol. The van der Waals surface area contributed by atoms with Crippen LogP contribution in [0.15, 0.2) is 18.2 Å². The molecule has 4 bridgehead atoms. The average Bonchev–Trinajstić information content (AvgIpc) is 2.46. The standard InChI is InChI=1S/C19H22ClN3/c1-11-2-3-16-15(4-11)17(22-18(20)21-16)23-19-8-12-5-13(9-19)7-14(6-12)10-19/h2-4,12-14H,5-10H2,1H3,(H,21,22,23). The Hall–Kier alpha value is -1.35. The lowest BCUT2D eigenvalue weighted by Gasteiger charge is -2.57. The van der Waals surface area contributed by atoms with Crippen LogP contribution in [0.25, 0.3) is 10.9 Å². The number of benzene rings is 1. The number of hydrogen-bond donors (Lipinski definition) is 1.